The van der Waals surface area contributed by atoms with E-state index in [1.165, 1.54) is 21.4 Å². The summed E-state index contributed by atoms with van der Waals surface area (Å²) in [5, 5.41) is 13.8. The molecule has 1 saturated heterocycles. The van der Waals surface area contributed by atoms with Crippen LogP contribution in [0.3, 0.4) is 0 Å². The van der Waals surface area contributed by atoms with E-state index in [9.17, 15) is 13.2 Å². The Morgan fingerprint density at radius 3 is 2.65 bits per heavy atom. The monoisotopic (exact) mass is 442 g/mol. The van der Waals surface area contributed by atoms with Crippen LogP contribution in [-0.4, -0.2) is 58.5 Å². The number of carbonyl (C=O) groups is 1. The third kappa shape index (κ3) is 4.28. The van der Waals surface area contributed by atoms with Gasteiger partial charge in [-0.05, 0) is 60.5 Å². The zero-order valence-corrected chi connectivity index (χ0v) is 17.7. The Kier molecular flexibility index (Phi) is 5.96. The molecule has 0 saturated carbocycles. The number of ether oxygens (including phenoxy) is 1. The maximum Gasteiger partial charge on any atom is 0.257 e. The first-order chi connectivity index (χ1) is 15.0. The lowest BCUT2D eigenvalue weighted by Crippen LogP contribution is -2.28. The quantitative estimate of drug-likeness (QED) is 0.595. The largest absolute Gasteiger partial charge is 0.492 e. The van der Waals surface area contributed by atoms with E-state index in [1.54, 1.807) is 43.3 Å². The van der Waals surface area contributed by atoms with Crippen molar-refractivity contribution in [3.05, 3.63) is 54.4 Å². The molecule has 1 aliphatic heterocycles. The topological polar surface area (TPSA) is 119 Å². The van der Waals surface area contributed by atoms with E-state index in [0.29, 0.717) is 36.6 Å². The minimum atomic E-state index is -3.73. The molecule has 1 aromatic heterocycles. The summed E-state index contributed by atoms with van der Waals surface area (Å²) in [6, 6.07) is 11.5. The average molecular weight is 443 g/mol. The van der Waals surface area contributed by atoms with Crippen LogP contribution in [0.2, 0.25) is 0 Å². The van der Waals surface area contributed by atoms with Crippen LogP contribution in [0.4, 0.5) is 5.69 Å². The van der Waals surface area contributed by atoms with Gasteiger partial charge in [-0.3, -0.25) is 4.79 Å². The highest BCUT2D eigenvalue weighted by Crippen LogP contribution is 2.32. The van der Waals surface area contributed by atoms with Crippen molar-refractivity contribution in [1.82, 2.24) is 24.5 Å². The van der Waals surface area contributed by atoms with Crippen molar-refractivity contribution >= 4 is 21.6 Å². The second-order valence-electron chi connectivity index (χ2n) is 6.93. The molecule has 0 atom stereocenters. The Balaban J connectivity index is 1.66. The van der Waals surface area contributed by atoms with Gasteiger partial charge >= 0.3 is 0 Å². The first kappa shape index (κ1) is 20.9. The highest BCUT2D eigenvalue weighted by Gasteiger charge is 2.30. The molecule has 1 N–H and O–H groups in total. The van der Waals surface area contributed by atoms with Gasteiger partial charge in [0.1, 0.15) is 17.0 Å². The number of anilines is 1. The molecule has 11 heteroatoms. The molecule has 10 nitrogen and oxygen atoms in total. The Morgan fingerprint density at radius 2 is 1.94 bits per heavy atom. The van der Waals surface area contributed by atoms with Crippen LogP contribution in [0.25, 0.3) is 5.69 Å². The van der Waals surface area contributed by atoms with Gasteiger partial charge in [0.2, 0.25) is 10.0 Å². The van der Waals surface area contributed by atoms with Gasteiger partial charge in [-0.25, -0.2) is 8.42 Å². The first-order valence-electron chi connectivity index (χ1n) is 9.91. The molecule has 2 heterocycles. The second kappa shape index (κ2) is 8.82. The van der Waals surface area contributed by atoms with Crippen LogP contribution < -0.4 is 10.1 Å². The molecule has 0 bridgehead atoms. The standard InChI is InChI=1S/C20H22N6O4S/c1-2-30-18-10-9-15(13-19(18)31(28,29)25-11-5-6-12-25)22-20(27)16-7-3-4-8-17(16)26-14-21-23-24-26/h3-4,7-10,13-14H,2,5-6,11-12H2,1H3,(H,22,27). The fourth-order valence-electron chi connectivity index (χ4n) is 3.47. The zero-order chi connectivity index (χ0) is 21.8. The van der Waals surface area contributed by atoms with Crippen molar-refractivity contribution in [3.8, 4) is 11.4 Å². The zero-order valence-electron chi connectivity index (χ0n) is 16.9. The van der Waals surface area contributed by atoms with Gasteiger partial charge in [-0.2, -0.15) is 8.99 Å². The number of carbonyl (C=O) groups excluding carboxylic acids is 1. The Bertz CT molecular complexity index is 1170. The number of hydrogen-bond donors (Lipinski definition) is 1. The van der Waals surface area contributed by atoms with Gasteiger partial charge in [0.25, 0.3) is 5.91 Å². The predicted octanol–water partition coefficient (Wildman–Crippen LogP) is 2.10. The molecule has 4 rings (SSSR count). The van der Waals surface area contributed by atoms with Gasteiger partial charge < -0.3 is 10.1 Å². The lowest BCUT2D eigenvalue weighted by Gasteiger charge is -2.19. The van der Waals surface area contributed by atoms with Crippen molar-refractivity contribution in [3.63, 3.8) is 0 Å². The summed E-state index contributed by atoms with van der Waals surface area (Å²) >= 11 is 0. The summed E-state index contributed by atoms with van der Waals surface area (Å²) in [6.07, 6.45) is 3.05. The third-order valence-corrected chi connectivity index (χ3v) is 6.85. The van der Waals surface area contributed by atoms with Crippen LogP contribution in [0, 0.1) is 0 Å². The Hall–Kier alpha value is -3.31. The number of sulfonamides is 1. The number of amides is 1. The molecule has 1 amide bonds. The second-order valence-corrected chi connectivity index (χ2v) is 8.84. The van der Waals surface area contributed by atoms with Crippen LogP contribution in [0.5, 0.6) is 5.75 Å². The summed E-state index contributed by atoms with van der Waals surface area (Å²) in [5.74, 6) is -0.152. The minimum absolute atomic E-state index is 0.0443. The van der Waals surface area contributed by atoms with Crippen LogP contribution in [0.15, 0.2) is 53.7 Å². The summed E-state index contributed by atoms with van der Waals surface area (Å²) < 4.78 is 34.7. The van der Waals surface area contributed by atoms with Crippen molar-refractivity contribution in [2.24, 2.45) is 0 Å². The highest BCUT2D eigenvalue weighted by molar-refractivity contribution is 7.89. The summed E-state index contributed by atoms with van der Waals surface area (Å²) in [7, 11) is -3.73. The molecule has 1 fully saturated rings. The van der Waals surface area contributed by atoms with Crippen molar-refractivity contribution in [2.45, 2.75) is 24.7 Å². The summed E-state index contributed by atoms with van der Waals surface area (Å²) in [5.41, 5.74) is 1.19. The number of tetrazole rings is 1. The lowest BCUT2D eigenvalue weighted by molar-refractivity contribution is 0.102. The molecule has 2 aromatic carbocycles. The van der Waals surface area contributed by atoms with Gasteiger partial charge in [0.15, 0.2) is 0 Å². The van der Waals surface area contributed by atoms with Gasteiger partial charge in [0.05, 0.1) is 17.9 Å². The van der Waals surface area contributed by atoms with E-state index in [1.807, 2.05) is 0 Å². The Labute approximate surface area is 179 Å². The van der Waals surface area contributed by atoms with Gasteiger partial charge in [-0.15, -0.1) is 5.10 Å². The molecule has 3 aromatic rings. The maximum absolute atomic E-state index is 13.2. The minimum Gasteiger partial charge on any atom is -0.492 e. The predicted molar refractivity (Wildman–Crippen MR) is 113 cm³/mol. The van der Waals surface area contributed by atoms with Crippen LogP contribution >= 0.6 is 0 Å². The third-order valence-electron chi connectivity index (χ3n) is 4.93. The molecule has 0 unspecified atom stereocenters. The normalized spacial score (nSPS) is 14.5. The van der Waals surface area contributed by atoms with Crippen molar-refractivity contribution in [1.29, 1.82) is 0 Å². The summed E-state index contributed by atoms with van der Waals surface area (Å²) in [6.45, 7) is 3.07. The number of rotatable bonds is 7. The van der Waals surface area contributed by atoms with Crippen LogP contribution in [0.1, 0.15) is 30.1 Å². The van der Waals surface area contributed by atoms with Gasteiger partial charge in [0, 0.05) is 18.8 Å². The highest BCUT2D eigenvalue weighted by atomic mass is 32.2. The van der Waals surface area contributed by atoms with Crippen LogP contribution in [-0.2, 0) is 10.0 Å². The molecule has 1 aliphatic rings. The van der Waals surface area contributed by atoms with E-state index in [2.05, 4.69) is 20.8 Å². The van der Waals surface area contributed by atoms with E-state index >= 15 is 0 Å². The average Bonchev–Trinajstić information content (AvgIpc) is 3.49. The molecule has 162 valence electrons. The van der Waals surface area contributed by atoms with Crippen molar-refractivity contribution in [2.75, 3.05) is 25.0 Å². The molecule has 31 heavy (non-hydrogen) atoms. The molecular weight excluding hydrogens is 420 g/mol. The van der Waals surface area contributed by atoms with Gasteiger partial charge in [-0.1, -0.05) is 12.1 Å². The number of aromatic nitrogens is 4. The van der Waals surface area contributed by atoms with E-state index in [4.69, 9.17) is 4.74 Å². The molecule has 0 spiro atoms. The number of hydrogen-bond acceptors (Lipinski definition) is 7. The maximum atomic E-state index is 13.2. The van der Waals surface area contributed by atoms with E-state index < -0.39 is 15.9 Å². The summed E-state index contributed by atoms with van der Waals surface area (Å²) in [4.78, 5) is 13.0. The number of nitrogens with one attached hydrogen (secondary N) is 1. The van der Waals surface area contributed by atoms with E-state index in [0.717, 1.165) is 12.8 Å². The molecule has 0 aliphatic carbocycles. The fourth-order valence-corrected chi connectivity index (χ4v) is 5.14. The fraction of sp³-hybridized carbons (Fsp3) is 0.300. The number of benzene rings is 2. The smallest absolute Gasteiger partial charge is 0.257 e. The number of para-hydroxylation sites is 1. The van der Waals surface area contributed by atoms with Crippen molar-refractivity contribution < 1.29 is 17.9 Å². The SMILES string of the molecule is CCOc1ccc(NC(=O)c2ccccc2-n2cnnn2)cc1S(=O)(=O)N1CCCC1. The molecule has 0 radical (unpaired) electrons. The number of nitrogens with zero attached hydrogens (tertiary/aromatic N) is 5. The Morgan fingerprint density at radius 1 is 1.16 bits per heavy atom. The molecular formula is C20H22N6O4S. The lowest BCUT2D eigenvalue weighted by atomic mass is 10.1. The van der Waals surface area contributed by atoms with E-state index in [-0.39, 0.29) is 10.6 Å². The first-order valence-corrected chi connectivity index (χ1v) is 11.4.